The van der Waals surface area contributed by atoms with Gasteiger partial charge in [0.1, 0.15) is 0 Å². The maximum atomic E-state index is 9.41. The molecule has 0 aromatic heterocycles. The molecular formula is C16H27NO3. The van der Waals surface area contributed by atoms with Crippen LogP contribution in [0.1, 0.15) is 25.8 Å². The van der Waals surface area contributed by atoms with Crippen LogP contribution in [0.25, 0.3) is 0 Å². The molecule has 0 saturated heterocycles. The van der Waals surface area contributed by atoms with E-state index in [4.69, 9.17) is 9.47 Å². The highest BCUT2D eigenvalue weighted by molar-refractivity contribution is 5.45. The van der Waals surface area contributed by atoms with Crippen LogP contribution in [0.5, 0.6) is 0 Å². The van der Waals surface area contributed by atoms with Crippen molar-refractivity contribution in [2.45, 2.75) is 26.9 Å². The Hall–Kier alpha value is -1.10. The van der Waals surface area contributed by atoms with Gasteiger partial charge >= 0.3 is 0 Å². The monoisotopic (exact) mass is 281 g/mol. The maximum absolute atomic E-state index is 9.41. The molecular weight excluding hydrogens is 254 g/mol. The molecule has 1 atom stereocenters. The molecule has 0 radical (unpaired) electrons. The maximum Gasteiger partial charge on any atom is 0.0718 e. The normalized spacial score (nSPS) is 14.0. The Morgan fingerprint density at radius 3 is 2.75 bits per heavy atom. The first-order valence-electron chi connectivity index (χ1n) is 7.14. The van der Waals surface area contributed by atoms with Crippen LogP contribution < -0.4 is 5.32 Å². The Morgan fingerprint density at radius 1 is 1.30 bits per heavy atom. The summed E-state index contributed by atoms with van der Waals surface area (Å²) in [5.74, 6) is 0. The summed E-state index contributed by atoms with van der Waals surface area (Å²) in [7, 11) is 1.67. The molecule has 1 aromatic carbocycles. The third-order valence-electron chi connectivity index (χ3n) is 3.58. The van der Waals surface area contributed by atoms with Crippen molar-refractivity contribution in [1.29, 1.82) is 0 Å². The van der Waals surface area contributed by atoms with Crippen LogP contribution in [0.15, 0.2) is 24.3 Å². The molecule has 0 aliphatic rings. The molecule has 0 fully saturated rings. The molecule has 1 rings (SSSR count). The van der Waals surface area contributed by atoms with Crippen molar-refractivity contribution < 1.29 is 14.6 Å². The molecule has 1 unspecified atom stereocenters. The van der Waals surface area contributed by atoms with E-state index in [9.17, 15) is 5.11 Å². The van der Waals surface area contributed by atoms with E-state index in [0.29, 0.717) is 19.8 Å². The second-order valence-electron chi connectivity index (χ2n) is 5.42. The molecule has 1 aromatic rings. The fourth-order valence-electron chi connectivity index (χ4n) is 1.71. The Balaban J connectivity index is 2.47. The minimum absolute atomic E-state index is 0.0784. The zero-order valence-electron chi connectivity index (χ0n) is 12.8. The van der Waals surface area contributed by atoms with Gasteiger partial charge in [0.25, 0.3) is 0 Å². The Bertz CT molecular complexity index is 378. The zero-order valence-corrected chi connectivity index (χ0v) is 12.8. The number of hydrogen-bond acceptors (Lipinski definition) is 4. The van der Waals surface area contributed by atoms with Crippen molar-refractivity contribution in [3.05, 3.63) is 29.8 Å². The number of aliphatic hydroxyl groups is 1. The van der Waals surface area contributed by atoms with Gasteiger partial charge in [-0.25, -0.2) is 0 Å². The highest BCUT2D eigenvalue weighted by atomic mass is 16.5. The van der Waals surface area contributed by atoms with Gasteiger partial charge in [0, 0.05) is 24.8 Å². The smallest absolute Gasteiger partial charge is 0.0718 e. The van der Waals surface area contributed by atoms with Crippen LogP contribution in [0.4, 0.5) is 5.69 Å². The van der Waals surface area contributed by atoms with Crippen LogP contribution in [0, 0.1) is 5.41 Å². The predicted molar refractivity (Wildman–Crippen MR) is 81.9 cm³/mol. The quantitative estimate of drug-likeness (QED) is 0.647. The average Bonchev–Trinajstić information content (AvgIpc) is 2.50. The predicted octanol–water partition coefficient (Wildman–Crippen LogP) is 2.67. The first-order valence-corrected chi connectivity index (χ1v) is 7.14. The molecule has 114 valence electrons. The third kappa shape index (κ3) is 5.90. The molecule has 0 aliphatic heterocycles. The second-order valence-corrected chi connectivity index (χ2v) is 5.42. The summed E-state index contributed by atoms with van der Waals surface area (Å²) in [6.45, 7) is 6.93. The zero-order chi connectivity index (χ0) is 14.8. The first kappa shape index (κ1) is 17.0. The highest BCUT2D eigenvalue weighted by Crippen LogP contribution is 2.21. The van der Waals surface area contributed by atoms with Gasteiger partial charge in [-0.2, -0.15) is 0 Å². The van der Waals surface area contributed by atoms with E-state index in [-0.39, 0.29) is 12.0 Å². The van der Waals surface area contributed by atoms with Crippen molar-refractivity contribution in [2.24, 2.45) is 5.41 Å². The van der Waals surface area contributed by atoms with E-state index >= 15 is 0 Å². The fraction of sp³-hybridized carbons (Fsp3) is 0.625. The highest BCUT2D eigenvalue weighted by Gasteiger charge is 2.20. The average molecular weight is 281 g/mol. The summed E-state index contributed by atoms with van der Waals surface area (Å²) < 4.78 is 10.5. The second kappa shape index (κ2) is 8.95. The van der Waals surface area contributed by atoms with Crippen LogP contribution in [-0.2, 0) is 16.1 Å². The summed E-state index contributed by atoms with van der Waals surface area (Å²) in [5.41, 5.74) is 2.12. The lowest BCUT2D eigenvalue weighted by Crippen LogP contribution is -2.29. The van der Waals surface area contributed by atoms with Gasteiger partial charge in [-0.3, -0.25) is 0 Å². The topological polar surface area (TPSA) is 50.7 Å². The number of nitrogens with one attached hydrogen (secondary N) is 1. The summed E-state index contributed by atoms with van der Waals surface area (Å²) in [5, 5.41) is 12.8. The third-order valence-corrected chi connectivity index (χ3v) is 3.58. The summed E-state index contributed by atoms with van der Waals surface area (Å²) in [4.78, 5) is 0. The SMILES string of the molecule is CCC(C)(CO)CNc1cccc(COCCOC)c1. The van der Waals surface area contributed by atoms with Crippen molar-refractivity contribution in [3.63, 3.8) is 0 Å². The Labute approximate surface area is 122 Å². The largest absolute Gasteiger partial charge is 0.396 e. The van der Waals surface area contributed by atoms with Crippen molar-refractivity contribution in [1.82, 2.24) is 0 Å². The lowest BCUT2D eigenvalue weighted by Gasteiger charge is -2.26. The van der Waals surface area contributed by atoms with Crippen molar-refractivity contribution >= 4 is 5.69 Å². The van der Waals surface area contributed by atoms with Gasteiger partial charge in [-0.15, -0.1) is 0 Å². The number of anilines is 1. The standard InChI is InChI=1S/C16H27NO3/c1-4-16(2,13-18)12-17-15-7-5-6-14(10-15)11-20-9-8-19-3/h5-7,10,17-18H,4,8-9,11-13H2,1-3H3. The number of benzene rings is 1. The van der Waals surface area contributed by atoms with E-state index in [1.165, 1.54) is 0 Å². The summed E-state index contributed by atoms with van der Waals surface area (Å²) in [6, 6.07) is 8.18. The van der Waals surface area contributed by atoms with E-state index < -0.39 is 0 Å². The fourth-order valence-corrected chi connectivity index (χ4v) is 1.71. The van der Waals surface area contributed by atoms with E-state index in [1.807, 2.05) is 18.2 Å². The lowest BCUT2D eigenvalue weighted by atomic mass is 9.88. The van der Waals surface area contributed by atoms with Gasteiger partial charge in [-0.1, -0.05) is 26.0 Å². The Kier molecular flexibility index (Phi) is 7.59. The van der Waals surface area contributed by atoms with Crippen LogP contribution in [0.3, 0.4) is 0 Å². The molecule has 0 aliphatic carbocycles. The summed E-state index contributed by atoms with van der Waals surface area (Å²) >= 11 is 0. The van der Waals surface area contributed by atoms with Crippen LogP contribution in [-0.4, -0.2) is 38.6 Å². The minimum atomic E-state index is -0.0784. The molecule has 0 bridgehead atoms. The molecule has 4 nitrogen and oxygen atoms in total. The number of ether oxygens (including phenoxy) is 2. The van der Waals surface area contributed by atoms with Gasteiger partial charge < -0.3 is 19.9 Å². The van der Waals surface area contributed by atoms with Crippen molar-refractivity contribution in [2.75, 3.05) is 38.8 Å². The minimum Gasteiger partial charge on any atom is -0.396 e. The molecule has 0 saturated carbocycles. The van der Waals surface area contributed by atoms with Crippen LogP contribution in [0.2, 0.25) is 0 Å². The van der Waals surface area contributed by atoms with E-state index in [2.05, 4.69) is 25.2 Å². The molecule has 0 amide bonds. The van der Waals surface area contributed by atoms with E-state index in [0.717, 1.165) is 24.2 Å². The van der Waals surface area contributed by atoms with Gasteiger partial charge in [0.2, 0.25) is 0 Å². The van der Waals surface area contributed by atoms with E-state index in [1.54, 1.807) is 7.11 Å². The van der Waals surface area contributed by atoms with Gasteiger partial charge in [-0.05, 0) is 24.1 Å². The molecule has 4 heteroatoms. The number of rotatable bonds is 10. The lowest BCUT2D eigenvalue weighted by molar-refractivity contribution is 0.0617. The van der Waals surface area contributed by atoms with Gasteiger partial charge in [0.15, 0.2) is 0 Å². The molecule has 0 heterocycles. The van der Waals surface area contributed by atoms with Crippen LogP contribution >= 0.6 is 0 Å². The number of methoxy groups -OCH3 is 1. The van der Waals surface area contributed by atoms with Gasteiger partial charge in [0.05, 0.1) is 26.4 Å². The number of hydrogen-bond donors (Lipinski definition) is 2. The summed E-state index contributed by atoms with van der Waals surface area (Å²) in [6.07, 6.45) is 0.941. The number of aliphatic hydroxyl groups excluding tert-OH is 1. The molecule has 0 spiro atoms. The Morgan fingerprint density at radius 2 is 2.10 bits per heavy atom. The first-order chi connectivity index (χ1) is 9.63. The molecule has 2 N–H and O–H groups in total. The molecule has 20 heavy (non-hydrogen) atoms. The van der Waals surface area contributed by atoms with Crippen molar-refractivity contribution in [3.8, 4) is 0 Å².